The summed E-state index contributed by atoms with van der Waals surface area (Å²) in [7, 11) is -3.45. The molecule has 0 aromatic carbocycles. The van der Waals surface area contributed by atoms with E-state index in [0.717, 1.165) is 41.3 Å². The van der Waals surface area contributed by atoms with Gasteiger partial charge >= 0.3 is 6.09 Å². The molecule has 4 aliphatic rings. The molecule has 3 saturated carbocycles. The van der Waals surface area contributed by atoms with Crippen LogP contribution in [-0.2, 0) is 10.0 Å². The number of aromatic amines is 1. The van der Waals surface area contributed by atoms with Gasteiger partial charge in [-0.25, -0.2) is 23.2 Å². The highest BCUT2D eigenvalue weighted by molar-refractivity contribution is 7.90. The summed E-state index contributed by atoms with van der Waals surface area (Å²) in [6, 6.07) is 1.95. The average molecular weight is 543 g/mol. The molecular weight excluding hydrogens is 512 g/mol. The fourth-order valence-electron chi connectivity index (χ4n) is 5.04. The molecule has 0 saturated heterocycles. The van der Waals surface area contributed by atoms with Gasteiger partial charge < -0.3 is 10.4 Å². The van der Waals surface area contributed by atoms with Gasteiger partial charge in [0, 0.05) is 46.4 Å². The van der Waals surface area contributed by atoms with Crippen LogP contribution in [0.5, 0.6) is 0 Å². The van der Waals surface area contributed by atoms with Gasteiger partial charge in [0.05, 0.1) is 21.9 Å². The van der Waals surface area contributed by atoms with E-state index in [4.69, 9.17) is 10.1 Å². The van der Waals surface area contributed by atoms with Crippen molar-refractivity contribution in [2.75, 3.05) is 0 Å². The quantitative estimate of drug-likeness (QED) is 0.388. The fraction of sp³-hybridized carbons (Fsp3) is 0.520. The zero-order valence-electron chi connectivity index (χ0n) is 20.3. The van der Waals surface area contributed by atoms with Gasteiger partial charge in [-0.3, -0.25) is 9.82 Å². The molecule has 1 atom stereocenters. The number of carboxylic acid groups (broad SMARTS) is 1. The monoisotopic (exact) mass is 542 g/mol. The number of aliphatic imine (C=N–C) groups is 1. The van der Waals surface area contributed by atoms with Gasteiger partial charge in [0.2, 0.25) is 10.0 Å². The van der Waals surface area contributed by atoms with Gasteiger partial charge in [-0.2, -0.15) is 5.10 Å². The number of hydrogen-bond donors (Lipinski definition) is 4. The van der Waals surface area contributed by atoms with Crippen LogP contribution >= 0.6 is 11.3 Å². The van der Waals surface area contributed by atoms with E-state index < -0.39 is 16.1 Å². The molecule has 2 aromatic heterocycles. The normalized spacial score (nSPS) is 27.2. The Bertz CT molecular complexity index is 1380. The molecule has 1 amide bonds. The molecule has 196 valence electrons. The summed E-state index contributed by atoms with van der Waals surface area (Å²) in [6.45, 7) is 0. The Morgan fingerprint density at radius 3 is 2.57 bits per heavy atom. The third-order valence-corrected chi connectivity index (χ3v) is 10.5. The second kappa shape index (κ2) is 9.71. The molecule has 4 N–H and O–H groups in total. The van der Waals surface area contributed by atoms with E-state index in [2.05, 4.69) is 25.2 Å². The lowest BCUT2D eigenvalue weighted by Gasteiger charge is -2.27. The second-order valence-electron chi connectivity index (χ2n) is 10.4. The van der Waals surface area contributed by atoms with Crippen molar-refractivity contribution in [2.45, 2.75) is 80.4 Å². The molecule has 0 aliphatic heterocycles. The van der Waals surface area contributed by atoms with Gasteiger partial charge in [-0.05, 0) is 63.5 Å². The summed E-state index contributed by atoms with van der Waals surface area (Å²) < 4.78 is 28.6. The Balaban J connectivity index is 1.21. The van der Waals surface area contributed by atoms with Crippen LogP contribution in [0.1, 0.15) is 84.7 Å². The van der Waals surface area contributed by atoms with E-state index >= 15 is 0 Å². The minimum absolute atomic E-state index is 0.00611. The summed E-state index contributed by atoms with van der Waals surface area (Å²) in [4.78, 5) is 21.2. The summed E-state index contributed by atoms with van der Waals surface area (Å²) in [5.74, 6) is 1.16. The zero-order chi connectivity index (χ0) is 25.6. The van der Waals surface area contributed by atoms with Crippen molar-refractivity contribution >= 4 is 39.0 Å². The second-order valence-corrected chi connectivity index (χ2v) is 13.4. The maximum absolute atomic E-state index is 12.9. The topological polar surface area (TPSA) is 149 Å². The number of nitrogens with one attached hydrogen (secondary N) is 3. The van der Waals surface area contributed by atoms with E-state index in [-0.39, 0.29) is 23.1 Å². The number of allylic oxidation sites excluding steroid dienone is 3. The molecule has 2 aromatic rings. The molecule has 37 heavy (non-hydrogen) atoms. The first-order valence-corrected chi connectivity index (χ1v) is 15.2. The molecule has 6 rings (SSSR count). The summed E-state index contributed by atoms with van der Waals surface area (Å²) in [5, 5.41) is 19.6. The minimum atomic E-state index is -3.45. The number of H-pyrrole nitrogens is 1. The van der Waals surface area contributed by atoms with Crippen molar-refractivity contribution in [2.24, 2.45) is 4.99 Å². The van der Waals surface area contributed by atoms with Crippen LogP contribution in [0.2, 0.25) is 0 Å². The van der Waals surface area contributed by atoms with E-state index in [0.29, 0.717) is 36.0 Å². The largest absolute Gasteiger partial charge is 0.465 e. The number of carbonyl (C=O) groups is 1. The molecule has 2 heterocycles. The van der Waals surface area contributed by atoms with Crippen LogP contribution in [0.3, 0.4) is 0 Å². The van der Waals surface area contributed by atoms with Crippen LogP contribution in [0.25, 0.3) is 0 Å². The van der Waals surface area contributed by atoms with E-state index in [9.17, 15) is 13.2 Å². The van der Waals surface area contributed by atoms with Crippen LogP contribution in [-0.4, -0.2) is 51.8 Å². The molecule has 0 spiro atoms. The van der Waals surface area contributed by atoms with E-state index in [1.54, 1.807) is 17.4 Å². The standard InChI is InChI=1S/C25H30N6O4S2/c32-25(33)28-16-5-3-15(4-6-16)24-26-13-22(36-24)19-10-7-17(11-21(19)31-37(34,35)18-8-9-18)27-23-12-20(29-30-23)14-1-2-14/h7,10-16,18-19,28,31H,1-6,8-9H2,(H,29,30)(H,32,33). The Kier molecular flexibility index (Phi) is 6.39. The van der Waals surface area contributed by atoms with Crippen molar-refractivity contribution in [1.29, 1.82) is 0 Å². The maximum atomic E-state index is 12.9. The molecule has 12 heteroatoms. The van der Waals surface area contributed by atoms with Gasteiger partial charge in [0.25, 0.3) is 0 Å². The highest BCUT2D eigenvalue weighted by atomic mass is 32.2. The molecule has 0 bridgehead atoms. The highest BCUT2D eigenvalue weighted by Crippen LogP contribution is 2.41. The van der Waals surface area contributed by atoms with Crippen molar-refractivity contribution in [3.05, 3.63) is 51.8 Å². The predicted octanol–water partition coefficient (Wildman–Crippen LogP) is 4.43. The number of nitrogens with zero attached hydrogens (tertiary/aromatic N) is 3. The summed E-state index contributed by atoms with van der Waals surface area (Å²) >= 11 is 1.60. The maximum Gasteiger partial charge on any atom is 0.404 e. The zero-order valence-corrected chi connectivity index (χ0v) is 21.9. The van der Waals surface area contributed by atoms with Crippen LogP contribution < -0.4 is 10.0 Å². The molecule has 3 fully saturated rings. The Morgan fingerprint density at radius 1 is 1.11 bits per heavy atom. The van der Waals surface area contributed by atoms with Gasteiger partial charge in [-0.1, -0.05) is 6.08 Å². The van der Waals surface area contributed by atoms with Gasteiger partial charge in [-0.15, -0.1) is 11.3 Å². The Morgan fingerprint density at radius 2 is 1.86 bits per heavy atom. The molecule has 1 unspecified atom stereocenters. The number of amides is 1. The third kappa shape index (κ3) is 5.64. The first-order valence-electron chi connectivity index (χ1n) is 12.8. The smallest absolute Gasteiger partial charge is 0.404 e. The average Bonchev–Trinajstić information content (AvgIpc) is 3.80. The van der Waals surface area contributed by atoms with Crippen molar-refractivity contribution < 1.29 is 18.3 Å². The van der Waals surface area contributed by atoms with Crippen molar-refractivity contribution in [3.8, 4) is 0 Å². The molecular formula is C25H30N6O4S2. The lowest BCUT2D eigenvalue weighted by Crippen LogP contribution is -2.36. The Labute approximate surface area is 219 Å². The molecule has 10 nitrogen and oxygen atoms in total. The minimum Gasteiger partial charge on any atom is -0.465 e. The third-order valence-electron chi connectivity index (χ3n) is 7.42. The number of hydrogen-bond acceptors (Lipinski definition) is 7. The SMILES string of the molecule is O=C(O)NC1CCC(c2ncc(C3C=CC(=Nc4cc(C5CC5)[nH]n4)C=C3NS(=O)(=O)C3CC3)s2)CC1. The first-order chi connectivity index (χ1) is 17.8. The number of sulfonamides is 1. The number of rotatable bonds is 8. The number of thiazole rings is 1. The van der Waals surface area contributed by atoms with E-state index in [1.165, 1.54) is 12.8 Å². The fourth-order valence-corrected chi connectivity index (χ4v) is 7.67. The lowest BCUT2D eigenvalue weighted by molar-refractivity contribution is 0.185. The van der Waals surface area contributed by atoms with Crippen molar-refractivity contribution in [1.82, 2.24) is 25.2 Å². The van der Waals surface area contributed by atoms with Crippen LogP contribution in [0, 0.1) is 0 Å². The van der Waals surface area contributed by atoms with E-state index in [1.807, 2.05) is 24.4 Å². The molecule has 4 aliphatic carbocycles. The van der Waals surface area contributed by atoms with Crippen LogP contribution in [0.15, 0.2) is 41.2 Å². The van der Waals surface area contributed by atoms with Gasteiger partial charge in [0.1, 0.15) is 0 Å². The number of aromatic nitrogens is 3. The lowest BCUT2D eigenvalue weighted by atomic mass is 9.86. The summed E-state index contributed by atoms with van der Waals surface area (Å²) in [6.07, 6.45) is 13.6. The Hall–Kier alpha value is -2.99. The molecule has 0 radical (unpaired) electrons. The van der Waals surface area contributed by atoms with Crippen molar-refractivity contribution in [3.63, 3.8) is 0 Å². The highest BCUT2D eigenvalue weighted by Gasteiger charge is 2.37. The van der Waals surface area contributed by atoms with Crippen LogP contribution in [0.4, 0.5) is 10.6 Å². The predicted molar refractivity (Wildman–Crippen MR) is 141 cm³/mol. The summed E-state index contributed by atoms with van der Waals surface area (Å²) in [5.41, 5.74) is 2.32. The van der Waals surface area contributed by atoms with Gasteiger partial charge in [0.15, 0.2) is 5.82 Å². The first kappa shape index (κ1) is 24.4.